The minimum atomic E-state index is -0.405. The third kappa shape index (κ3) is 5.36. The topological polar surface area (TPSA) is 47.6 Å². The van der Waals surface area contributed by atoms with Crippen LogP contribution in [0.1, 0.15) is 18.9 Å². The molecule has 0 heterocycles. The first-order chi connectivity index (χ1) is 8.26. The summed E-state index contributed by atoms with van der Waals surface area (Å²) < 4.78 is 10.1. The van der Waals surface area contributed by atoms with E-state index >= 15 is 0 Å². The van der Waals surface area contributed by atoms with Crippen molar-refractivity contribution in [2.45, 2.75) is 26.0 Å². The third-order valence-corrected chi connectivity index (χ3v) is 2.40. The van der Waals surface area contributed by atoms with Crippen LogP contribution in [0.2, 0.25) is 0 Å². The van der Waals surface area contributed by atoms with Crippen LogP contribution in [0.4, 0.5) is 4.79 Å². The molecule has 17 heavy (non-hydrogen) atoms. The third-order valence-electron chi connectivity index (χ3n) is 2.40. The van der Waals surface area contributed by atoms with Crippen molar-refractivity contribution in [3.05, 3.63) is 35.9 Å². The number of hydrogen-bond donors (Lipinski definition) is 1. The first-order valence-electron chi connectivity index (χ1n) is 5.72. The SMILES string of the molecule is CCC(COC)NC(=O)OCc1ccccc1. The molecule has 0 aliphatic carbocycles. The predicted octanol–water partition coefficient (Wildman–Crippen LogP) is 2.34. The molecule has 1 unspecified atom stereocenters. The van der Waals surface area contributed by atoms with Crippen molar-refractivity contribution in [3.8, 4) is 0 Å². The van der Waals surface area contributed by atoms with Gasteiger partial charge in [0.25, 0.3) is 0 Å². The lowest BCUT2D eigenvalue weighted by Crippen LogP contribution is -2.37. The van der Waals surface area contributed by atoms with Crippen molar-refractivity contribution >= 4 is 6.09 Å². The molecule has 1 aromatic rings. The number of benzene rings is 1. The van der Waals surface area contributed by atoms with Gasteiger partial charge in [-0.15, -0.1) is 0 Å². The summed E-state index contributed by atoms with van der Waals surface area (Å²) in [4.78, 5) is 11.5. The zero-order chi connectivity index (χ0) is 12.5. The molecule has 4 nitrogen and oxygen atoms in total. The van der Waals surface area contributed by atoms with Crippen molar-refractivity contribution in [2.75, 3.05) is 13.7 Å². The normalized spacial score (nSPS) is 11.9. The van der Waals surface area contributed by atoms with Crippen molar-refractivity contribution in [1.29, 1.82) is 0 Å². The molecule has 0 aromatic heterocycles. The van der Waals surface area contributed by atoms with Crippen molar-refractivity contribution in [1.82, 2.24) is 5.32 Å². The molecule has 0 saturated heterocycles. The number of ether oxygens (including phenoxy) is 2. The van der Waals surface area contributed by atoms with Crippen LogP contribution in [0.3, 0.4) is 0 Å². The Bertz CT molecular complexity index is 327. The number of rotatable bonds is 6. The van der Waals surface area contributed by atoms with E-state index in [9.17, 15) is 4.79 Å². The predicted molar refractivity (Wildman–Crippen MR) is 65.7 cm³/mol. The Labute approximate surface area is 102 Å². The lowest BCUT2D eigenvalue weighted by atomic mass is 10.2. The Morgan fingerprint density at radius 3 is 2.65 bits per heavy atom. The summed E-state index contributed by atoms with van der Waals surface area (Å²) >= 11 is 0. The van der Waals surface area contributed by atoms with Gasteiger partial charge in [0.1, 0.15) is 6.61 Å². The molecule has 0 radical (unpaired) electrons. The van der Waals surface area contributed by atoms with Crippen LogP contribution in [-0.4, -0.2) is 25.9 Å². The standard InChI is InChI=1S/C13H19NO3/c1-3-12(10-16-2)14-13(15)17-9-11-7-5-4-6-8-11/h4-8,12H,3,9-10H2,1-2H3,(H,14,15). The molecule has 1 amide bonds. The highest BCUT2D eigenvalue weighted by atomic mass is 16.5. The van der Waals surface area contributed by atoms with Gasteiger partial charge in [-0.1, -0.05) is 37.3 Å². The van der Waals surface area contributed by atoms with Gasteiger partial charge in [-0.25, -0.2) is 4.79 Å². The molecule has 0 bridgehead atoms. The quantitative estimate of drug-likeness (QED) is 0.826. The van der Waals surface area contributed by atoms with E-state index in [1.807, 2.05) is 37.3 Å². The number of alkyl carbamates (subject to hydrolysis) is 1. The van der Waals surface area contributed by atoms with E-state index in [-0.39, 0.29) is 12.6 Å². The van der Waals surface area contributed by atoms with E-state index in [2.05, 4.69) is 5.32 Å². The van der Waals surface area contributed by atoms with Gasteiger partial charge >= 0.3 is 6.09 Å². The van der Waals surface area contributed by atoms with Gasteiger partial charge < -0.3 is 14.8 Å². The highest BCUT2D eigenvalue weighted by molar-refractivity contribution is 5.67. The summed E-state index contributed by atoms with van der Waals surface area (Å²) in [6.07, 6.45) is 0.409. The fraction of sp³-hybridized carbons (Fsp3) is 0.462. The molecule has 0 spiro atoms. The molecule has 0 aliphatic rings. The number of methoxy groups -OCH3 is 1. The highest BCUT2D eigenvalue weighted by Crippen LogP contribution is 2.01. The molecule has 4 heteroatoms. The molecule has 94 valence electrons. The zero-order valence-corrected chi connectivity index (χ0v) is 10.3. The molecule has 1 rings (SSSR count). The summed E-state index contributed by atoms with van der Waals surface area (Å²) in [5.41, 5.74) is 0.974. The van der Waals surface area contributed by atoms with E-state index < -0.39 is 6.09 Å². The van der Waals surface area contributed by atoms with Crippen molar-refractivity contribution in [2.24, 2.45) is 0 Å². The summed E-state index contributed by atoms with van der Waals surface area (Å²) in [6.45, 7) is 2.77. The average Bonchev–Trinajstić information content (AvgIpc) is 2.37. The second-order valence-corrected chi connectivity index (χ2v) is 3.77. The second kappa shape index (κ2) is 7.68. The molecule has 1 N–H and O–H groups in total. The van der Waals surface area contributed by atoms with E-state index in [4.69, 9.17) is 9.47 Å². The smallest absolute Gasteiger partial charge is 0.407 e. The molecular weight excluding hydrogens is 218 g/mol. The van der Waals surface area contributed by atoms with Gasteiger partial charge in [-0.2, -0.15) is 0 Å². The Morgan fingerprint density at radius 2 is 2.06 bits per heavy atom. The monoisotopic (exact) mass is 237 g/mol. The first-order valence-corrected chi connectivity index (χ1v) is 5.72. The Kier molecular flexibility index (Phi) is 6.10. The van der Waals surface area contributed by atoms with E-state index in [1.54, 1.807) is 7.11 Å². The average molecular weight is 237 g/mol. The molecule has 0 fully saturated rings. The maximum absolute atomic E-state index is 11.5. The van der Waals surface area contributed by atoms with E-state index in [0.717, 1.165) is 12.0 Å². The molecule has 1 aromatic carbocycles. The largest absolute Gasteiger partial charge is 0.445 e. The van der Waals surface area contributed by atoms with Crippen molar-refractivity contribution in [3.63, 3.8) is 0 Å². The zero-order valence-electron chi connectivity index (χ0n) is 10.3. The number of hydrogen-bond acceptors (Lipinski definition) is 3. The van der Waals surface area contributed by atoms with Crippen LogP contribution in [0, 0.1) is 0 Å². The summed E-state index contributed by atoms with van der Waals surface area (Å²) in [7, 11) is 1.61. The number of amides is 1. The summed E-state index contributed by atoms with van der Waals surface area (Å²) in [5.74, 6) is 0. The van der Waals surface area contributed by atoms with Gasteiger partial charge in [0.2, 0.25) is 0 Å². The van der Waals surface area contributed by atoms with Gasteiger partial charge in [0, 0.05) is 7.11 Å². The van der Waals surface area contributed by atoms with E-state index in [1.165, 1.54) is 0 Å². The highest BCUT2D eigenvalue weighted by Gasteiger charge is 2.10. The fourth-order valence-electron chi connectivity index (χ4n) is 1.39. The van der Waals surface area contributed by atoms with Crippen LogP contribution in [-0.2, 0) is 16.1 Å². The lowest BCUT2D eigenvalue weighted by Gasteiger charge is -2.15. The van der Waals surface area contributed by atoms with Crippen LogP contribution in [0.5, 0.6) is 0 Å². The minimum absolute atomic E-state index is 0.00303. The number of carbonyl (C=O) groups is 1. The van der Waals surface area contributed by atoms with Gasteiger partial charge in [-0.3, -0.25) is 0 Å². The van der Waals surface area contributed by atoms with Crippen molar-refractivity contribution < 1.29 is 14.3 Å². The molecule has 0 saturated carbocycles. The van der Waals surface area contributed by atoms with Crippen LogP contribution < -0.4 is 5.32 Å². The van der Waals surface area contributed by atoms with Crippen LogP contribution in [0.15, 0.2) is 30.3 Å². The molecular formula is C13H19NO3. The Balaban J connectivity index is 2.30. The maximum atomic E-state index is 11.5. The second-order valence-electron chi connectivity index (χ2n) is 3.77. The number of nitrogens with one attached hydrogen (secondary N) is 1. The Morgan fingerprint density at radius 1 is 1.35 bits per heavy atom. The van der Waals surface area contributed by atoms with Crippen LogP contribution in [0.25, 0.3) is 0 Å². The molecule has 0 aliphatic heterocycles. The van der Waals surface area contributed by atoms with E-state index in [0.29, 0.717) is 6.61 Å². The van der Waals surface area contributed by atoms with Gasteiger partial charge in [-0.05, 0) is 12.0 Å². The van der Waals surface area contributed by atoms with Gasteiger partial charge in [0.05, 0.1) is 12.6 Å². The summed E-state index contributed by atoms with van der Waals surface area (Å²) in [5, 5.41) is 2.75. The van der Waals surface area contributed by atoms with Gasteiger partial charge in [0.15, 0.2) is 0 Å². The molecule has 1 atom stereocenters. The van der Waals surface area contributed by atoms with Crippen LogP contribution >= 0.6 is 0 Å². The Hall–Kier alpha value is -1.55. The first kappa shape index (κ1) is 13.5. The number of carbonyl (C=O) groups excluding carboxylic acids is 1. The maximum Gasteiger partial charge on any atom is 0.407 e. The minimum Gasteiger partial charge on any atom is -0.445 e. The lowest BCUT2D eigenvalue weighted by molar-refractivity contribution is 0.120. The summed E-state index contributed by atoms with van der Waals surface area (Å²) in [6, 6.07) is 9.59. The fourth-order valence-corrected chi connectivity index (χ4v) is 1.39.